The Balaban J connectivity index is 1.86. The van der Waals surface area contributed by atoms with Gasteiger partial charge in [0.15, 0.2) is 18.1 Å². The number of alkyl halides is 2. The van der Waals surface area contributed by atoms with Crippen LogP contribution in [0.3, 0.4) is 0 Å². The average molecular weight is 375 g/mol. The van der Waals surface area contributed by atoms with Crippen molar-refractivity contribution in [3.05, 3.63) is 53.6 Å². The van der Waals surface area contributed by atoms with Crippen molar-refractivity contribution >= 4 is 12.1 Å². The standard InChI is InChI=1S/C18H15F2N3O4/c1-25-16-8-13(4-7-15(16)27-18(19)20)10-22-23-17(24)11-26-14-5-2-12(9-21)3-6-14/h2-8,10,18H,11H2,1H3,(H,23,24)/b22-10-. The van der Waals surface area contributed by atoms with Crippen molar-refractivity contribution in [2.45, 2.75) is 6.61 Å². The van der Waals surface area contributed by atoms with Crippen molar-refractivity contribution in [1.82, 2.24) is 5.43 Å². The Labute approximate surface area is 153 Å². The summed E-state index contributed by atoms with van der Waals surface area (Å²) in [7, 11) is 1.32. The molecule has 2 rings (SSSR count). The molecule has 27 heavy (non-hydrogen) atoms. The molecular formula is C18H15F2N3O4. The average Bonchev–Trinajstić information content (AvgIpc) is 2.67. The van der Waals surface area contributed by atoms with Gasteiger partial charge in [-0.3, -0.25) is 4.79 Å². The molecule has 2 aromatic carbocycles. The summed E-state index contributed by atoms with van der Waals surface area (Å²) in [4.78, 5) is 11.7. The maximum absolute atomic E-state index is 12.3. The topological polar surface area (TPSA) is 92.9 Å². The molecule has 0 aliphatic carbocycles. The fourth-order valence-corrected chi connectivity index (χ4v) is 1.94. The third-order valence-electron chi connectivity index (χ3n) is 3.16. The van der Waals surface area contributed by atoms with E-state index in [1.165, 1.54) is 31.5 Å². The molecule has 0 unspecified atom stereocenters. The summed E-state index contributed by atoms with van der Waals surface area (Å²) in [5.41, 5.74) is 3.25. The minimum absolute atomic E-state index is 0.106. The number of ether oxygens (including phenoxy) is 3. The van der Waals surface area contributed by atoms with Crippen LogP contribution < -0.4 is 19.6 Å². The molecule has 140 valence electrons. The third kappa shape index (κ3) is 6.28. The Morgan fingerprint density at radius 1 is 1.26 bits per heavy atom. The van der Waals surface area contributed by atoms with Crippen molar-refractivity contribution in [2.75, 3.05) is 13.7 Å². The normalized spacial score (nSPS) is 10.5. The summed E-state index contributed by atoms with van der Waals surface area (Å²) >= 11 is 0. The van der Waals surface area contributed by atoms with E-state index in [0.717, 1.165) is 0 Å². The number of hydrogen-bond acceptors (Lipinski definition) is 6. The number of hydrazone groups is 1. The monoisotopic (exact) mass is 375 g/mol. The second-order valence-electron chi connectivity index (χ2n) is 5.01. The highest BCUT2D eigenvalue weighted by Crippen LogP contribution is 2.28. The first kappa shape index (κ1) is 19.7. The van der Waals surface area contributed by atoms with E-state index in [4.69, 9.17) is 14.7 Å². The van der Waals surface area contributed by atoms with E-state index >= 15 is 0 Å². The van der Waals surface area contributed by atoms with Gasteiger partial charge in [-0.15, -0.1) is 0 Å². The smallest absolute Gasteiger partial charge is 0.387 e. The van der Waals surface area contributed by atoms with Crippen LogP contribution in [0.4, 0.5) is 8.78 Å². The lowest BCUT2D eigenvalue weighted by atomic mass is 10.2. The van der Waals surface area contributed by atoms with Gasteiger partial charge < -0.3 is 14.2 Å². The van der Waals surface area contributed by atoms with Gasteiger partial charge in [0.25, 0.3) is 5.91 Å². The van der Waals surface area contributed by atoms with Gasteiger partial charge >= 0.3 is 6.61 Å². The number of carbonyl (C=O) groups excluding carboxylic acids is 1. The van der Waals surface area contributed by atoms with Crippen LogP contribution in [0.1, 0.15) is 11.1 Å². The second kappa shape index (κ2) is 9.72. The van der Waals surface area contributed by atoms with Gasteiger partial charge in [0.1, 0.15) is 5.75 Å². The fraction of sp³-hybridized carbons (Fsp3) is 0.167. The first-order chi connectivity index (χ1) is 13.0. The molecule has 1 N–H and O–H groups in total. The van der Waals surface area contributed by atoms with E-state index in [0.29, 0.717) is 16.9 Å². The Kier molecular flexibility index (Phi) is 7.07. The molecule has 2 aromatic rings. The lowest BCUT2D eigenvalue weighted by Gasteiger charge is -2.10. The highest BCUT2D eigenvalue weighted by Gasteiger charge is 2.10. The Bertz CT molecular complexity index is 849. The second-order valence-corrected chi connectivity index (χ2v) is 5.01. The Hall–Kier alpha value is -3.67. The van der Waals surface area contributed by atoms with Gasteiger partial charge in [-0.05, 0) is 48.0 Å². The van der Waals surface area contributed by atoms with E-state index < -0.39 is 12.5 Å². The first-order valence-corrected chi connectivity index (χ1v) is 7.59. The molecule has 0 saturated carbocycles. The number of hydrogen-bond donors (Lipinski definition) is 1. The van der Waals surface area contributed by atoms with E-state index in [9.17, 15) is 13.6 Å². The predicted molar refractivity (Wildman–Crippen MR) is 92.0 cm³/mol. The number of carbonyl (C=O) groups is 1. The predicted octanol–water partition coefficient (Wildman–Crippen LogP) is 2.70. The molecule has 0 radical (unpaired) electrons. The zero-order valence-corrected chi connectivity index (χ0v) is 14.2. The summed E-state index contributed by atoms with van der Waals surface area (Å²) < 4.78 is 39.1. The van der Waals surface area contributed by atoms with Gasteiger partial charge in [-0.1, -0.05) is 0 Å². The zero-order chi connectivity index (χ0) is 19.6. The highest BCUT2D eigenvalue weighted by atomic mass is 19.3. The zero-order valence-electron chi connectivity index (χ0n) is 14.2. The number of benzene rings is 2. The molecule has 0 fully saturated rings. The number of nitrogens with one attached hydrogen (secondary N) is 1. The number of nitriles is 1. The van der Waals surface area contributed by atoms with Gasteiger partial charge in [-0.2, -0.15) is 19.1 Å². The van der Waals surface area contributed by atoms with Crippen molar-refractivity contribution in [3.63, 3.8) is 0 Å². The number of rotatable bonds is 8. The molecule has 0 aliphatic heterocycles. The highest BCUT2D eigenvalue weighted by molar-refractivity contribution is 5.83. The van der Waals surface area contributed by atoms with Gasteiger partial charge in [0.2, 0.25) is 0 Å². The van der Waals surface area contributed by atoms with Crippen molar-refractivity contribution in [1.29, 1.82) is 5.26 Å². The lowest BCUT2D eigenvalue weighted by molar-refractivity contribution is -0.123. The van der Waals surface area contributed by atoms with Crippen LogP contribution in [0.2, 0.25) is 0 Å². The summed E-state index contributed by atoms with van der Waals surface area (Å²) in [6, 6.07) is 12.5. The van der Waals surface area contributed by atoms with Crippen LogP contribution in [0.15, 0.2) is 47.6 Å². The van der Waals surface area contributed by atoms with Crippen LogP contribution in [0, 0.1) is 11.3 Å². The molecule has 0 spiro atoms. The summed E-state index contributed by atoms with van der Waals surface area (Å²) in [5, 5.41) is 12.5. The number of amides is 1. The van der Waals surface area contributed by atoms with Gasteiger partial charge in [0.05, 0.1) is 25.0 Å². The minimum Gasteiger partial charge on any atom is -0.493 e. The molecule has 1 amide bonds. The van der Waals surface area contributed by atoms with Gasteiger partial charge in [0, 0.05) is 0 Å². The Morgan fingerprint density at radius 2 is 2.00 bits per heavy atom. The SMILES string of the molecule is COc1cc(/C=N\NC(=O)COc2ccc(C#N)cc2)ccc1OC(F)F. The van der Waals surface area contributed by atoms with Crippen molar-refractivity contribution < 1.29 is 27.8 Å². The van der Waals surface area contributed by atoms with Gasteiger partial charge in [-0.25, -0.2) is 5.43 Å². The molecular weight excluding hydrogens is 360 g/mol. The van der Waals surface area contributed by atoms with Crippen LogP contribution in [0.5, 0.6) is 17.2 Å². The van der Waals surface area contributed by atoms with E-state index in [-0.39, 0.29) is 18.1 Å². The molecule has 0 aromatic heterocycles. The maximum Gasteiger partial charge on any atom is 0.387 e. The molecule has 0 atom stereocenters. The maximum atomic E-state index is 12.3. The Morgan fingerprint density at radius 3 is 2.63 bits per heavy atom. The summed E-state index contributed by atoms with van der Waals surface area (Å²) in [5.74, 6) is -0.0630. The van der Waals surface area contributed by atoms with Crippen LogP contribution >= 0.6 is 0 Å². The van der Waals surface area contributed by atoms with Crippen LogP contribution in [-0.2, 0) is 4.79 Å². The van der Waals surface area contributed by atoms with E-state index in [2.05, 4.69) is 15.3 Å². The number of nitrogens with zero attached hydrogens (tertiary/aromatic N) is 2. The fourth-order valence-electron chi connectivity index (χ4n) is 1.94. The molecule has 0 heterocycles. The summed E-state index contributed by atoms with van der Waals surface area (Å²) in [6.07, 6.45) is 1.31. The van der Waals surface area contributed by atoms with Crippen molar-refractivity contribution in [3.8, 4) is 23.3 Å². The first-order valence-electron chi connectivity index (χ1n) is 7.59. The van der Waals surface area contributed by atoms with E-state index in [1.54, 1.807) is 24.3 Å². The third-order valence-corrected chi connectivity index (χ3v) is 3.16. The minimum atomic E-state index is -2.96. The summed E-state index contributed by atoms with van der Waals surface area (Å²) in [6.45, 7) is -3.23. The quantitative estimate of drug-likeness (QED) is 0.566. The molecule has 7 nitrogen and oxygen atoms in total. The largest absolute Gasteiger partial charge is 0.493 e. The number of halogens is 2. The number of methoxy groups -OCH3 is 1. The molecule has 0 aliphatic rings. The van der Waals surface area contributed by atoms with E-state index in [1.807, 2.05) is 6.07 Å². The molecule has 0 saturated heterocycles. The van der Waals surface area contributed by atoms with Crippen LogP contribution in [-0.4, -0.2) is 32.4 Å². The van der Waals surface area contributed by atoms with Crippen molar-refractivity contribution in [2.24, 2.45) is 5.10 Å². The molecule has 9 heteroatoms. The van der Waals surface area contributed by atoms with Crippen LogP contribution in [0.25, 0.3) is 0 Å². The lowest BCUT2D eigenvalue weighted by Crippen LogP contribution is -2.24. The molecule has 0 bridgehead atoms.